The van der Waals surface area contributed by atoms with E-state index in [4.69, 9.17) is 10.2 Å². The summed E-state index contributed by atoms with van der Waals surface area (Å²) in [5.41, 5.74) is 0.0813. The van der Waals surface area contributed by atoms with Crippen molar-refractivity contribution in [2.45, 2.75) is 19.4 Å². The normalized spacial score (nSPS) is 29.8. The summed E-state index contributed by atoms with van der Waals surface area (Å²) in [6, 6.07) is 0. The first-order valence-electron chi connectivity index (χ1n) is 3.68. The molecule has 0 radical (unpaired) electrons. The summed E-state index contributed by atoms with van der Waals surface area (Å²) in [5.74, 6) is -1.89. The zero-order valence-electron chi connectivity index (χ0n) is 6.65. The van der Waals surface area contributed by atoms with Gasteiger partial charge in [0.05, 0.1) is 0 Å². The fourth-order valence-electron chi connectivity index (χ4n) is 1.20. The lowest BCUT2D eigenvalue weighted by atomic mass is 9.87. The highest BCUT2D eigenvalue weighted by atomic mass is 16.4. The number of aliphatic hydroxyl groups excluding tert-OH is 1. The van der Waals surface area contributed by atoms with Crippen LogP contribution in [-0.4, -0.2) is 28.1 Å². The van der Waals surface area contributed by atoms with Crippen LogP contribution in [0.2, 0.25) is 0 Å². The summed E-state index contributed by atoms with van der Waals surface area (Å²) in [5, 5.41) is 17.7. The van der Waals surface area contributed by atoms with Gasteiger partial charge < -0.3 is 10.2 Å². The highest BCUT2D eigenvalue weighted by molar-refractivity contribution is 6.02. The maximum absolute atomic E-state index is 10.9. The molecule has 0 saturated carbocycles. The Hall–Kier alpha value is -1.16. The summed E-state index contributed by atoms with van der Waals surface area (Å²) in [6.45, 7) is 1.65. The number of carboxylic acids is 1. The zero-order chi connectivity index (χ0) is 9.30. The van der Waals surface area contributed by atoms with Crippen molar-refractivity contribution in [3.8, 4) is 0 Å². The SMILES string of the molecule is CC1CC(C(=O)O)=CC(=O)C1O. The minimum atomic E-state index is -1.08. The Bertz CT molecular complexity index is 254. The topological polar surface area (TPSA) is 74.6 Å². The lowest BCUT2D eigenvalue weighted by Crippen LogP contribution is -2.32. The molecule has 4 heteroatoms. The predicted octanol–water partition coefficient (Wildman–Crippen LogP) is -0.0328. The first kappa shape index (κ1) is 8.93. The molecule has 2 unspecified atom stereocenters. The molecule has 12 heavy (non-hydrogen) atoms. The number of aliphatic carboxylic acids is 1. The first-order valence-corrected chi connectivity index (χ1v) is 3.68. The van der Waals surface area contributed by atoms with Gasteiger partial charge in [0.2, 0.25) is 0 Å². The smallest absolute Gasteiger partial charge is 0.331 e. The van der Waals surface area contributed by atoms with E-state index in [1.54, 1.807) is 6.92 Å². The van der Waals surface area contributed by atoms with E-state index in [0.717, 1.165) is 6.08 Å². The van der Waals surface area contributed by atoms with Crippen LogP contribution in [0.3, 0.4) is 0 Å². The second-order valence-corrected chi connectivity index (χ2v) is 3.00. The van der Waals surface area contributed by atoms with Crippen LogP contribution >= 0.6 is 0 Å². The van der Waals surface area contributed by atoms with Gasteiger partial charge in [-0.05, 0) is 18.4 Å². The monoisotopic (exact) mass is 170 g/mol. The maximum atomic E-state index is 10.9. The quantitative estimate of drug-likeness (QED) is 0.579. The van der Waals surface area contributed by atoms with E-state index in [1.165, 1.54) is 0 Å². The number of hydrogen-bond donors (Lipinski definition) is 2. The van der Waals surface area contributed by atoms with Gasteiger partial charge in [0.15, 0.2) is 5.78 Å². The van der Waals surface area contributed by atoms with Gasteiger partial charge in [0.25, 0.3) is 0 Å². The molecule has 0 bridgehead atoms. The largest absolute Gasteiger partial charge is 0.478 e. The van der Waals surface area contributed by atoms with Crippen LogP contribution in [0, 0.1) is 5.92 Å². The van der Waals surface area contributed by atoms with Gasteiger partial charge in [-0.2, -0.15) is 0 Å². The van der Waals surface area contributed by atoms with Crippen molar-refractivity contribution in [2.24, 2.45) is 5.92 Å². The molecule has 4 nitrogen and oxygen atoms in total. The lowest BCUT2D eigenvalue weighted by molar-refractivity contribution is -0.135. The number of rotatable bonds is 1. The number of carboxylic acid groups (broad SMARTS) is 1. The van der Waals surface area contributed by atoms with Gasteiger partial charge in [-0.15, -0.1) is 0 Å². The van der Waals surface area contributed by atoms with Crippen molar-refractivity contribution < 1.29 is 19.8 Å². The molecular weight excluding hydrogens is 160 g/mol. The fraction of sp³-hybridized carbons (Fsp3) is 0.500. The number of carbonyl (C=O) groups excluding carboxylic acids is 1. The second-order valence-electron chi connectivity index (χ2n) is 3.00. The Morgan fingerprint density at radius 3 is 2.67 bits per heavy atom. The average molecular weight is 170 g/mol. The summed E-state index contributed by atoms with van der Waals surface area (Å²) in [4.78, 5) is 21.4. The number of ketones is 1. The number of hydrogen-bond acceptors (Lipinski definition) is 3. The predicted molar refractivity (Wildman–Crippen MR) is 40.5 cm³/mol. The van der Waals surface area contributed by atoms with Crippen LogP contribution in [0.1, 0.15) is 13.3 Å². The zero-order valence-corrected chi connectivity index (χ0v) is 6.65. The third kappa shape index (κ3) is 1.53. The summed E-state index contributed by atoms with van der Waals surface area (Å²) < 4.78 is 0. The van der Waals surface area contributed by atoms with Crippen LogP contribution in [0.15, 0.2) is 11.6 Å². The Kier molecular flexibility index (Phi) is 2.28. The standard InChI is InChI=1S/C8H10O4/c1-4-2-5(8(11)12)3-6(9)7(4)10/h3-4,7,10H,2H2,1H3,(H,11,12). The molecule has 0 amide bonds. The van der Waals surface area contributed by atoms with E-state index >= 15 is 0 Å². The molecule has 1 aliphatic rings. The Morgan fingerprint density at radius 1 is 1.67 bits per heavy atom. The first-order chi connectivity index (χ1) is 5.52. The molecule has 0 aromatic heterocycles. The van der Waals surface area contributed by atoms with E-state index < -0.39 is 17.9 Å². The highest BCUT2D eigenvalue weighted by Gasteiger charge is 2.29. The molecule has 0 saturated heterocycles. The second kappa shape index (κ2) is 3.06. The highest BCUT2D eigenvalue weighted by Crippen LogP contribution is 2.21. The minimum Gasteiger partial charge on any atom is -0.478 e. The fourth-order valence-corrected chi connectivity index (χ4v) is 1.20. The minimum absolute atomic E-state index is 0.0813. The molecule has 1 aliphatic carbocycles. The van der Waals surface area contributed by atoms with Crippen molar-refractivity contribution in [1.82, 2.24) is 0 Å². The third-order valence-electron chi connectivity index (χ3n) is 1.96. The molecule has 2 N–H and O–H groups in total. The van der Waals surface area contributed by atoms with Crippen molar-refractivity contribution >= 4 is 11.8 Å². The van der Waals surface area contributed by atoms with E-state index in [0.29, 0.717) is 0 Å². The molecule has 0 fully saturated rings. The molecule has 0 aliphatic heterocycles. The Morgan fingerprint density at radius 2 is 2.25 bits per heavy atom. The van der Waals surface area contributed by atoms with E-state index in [-0.39, 0.29) is 17.9 Å². The van der Waals surface area contributed by atoms with E-state index in [1.807, 2.05) is 0 Å². The van der Waals surface area contributed by atoms with Gasteiger partial charge in [0.1, 0.15) is 6.10 Å². The molecule has 0 aromatic rings. The molecule has 1 rings (SSSR count). The van der Waals surface area contributed by atoms with Crippen molar-refractivity contribution in [3.63, 3.8) is 0 Å². The number of carbonyl (C=O) groups is 2. The average Bonchev–Trinajstić information content (AvgIpc) is 1.99. The van der Waals surface area contributed by atoms with Crippen molar-refractivity contribution in [1.29, 1.82) is 0 Å². The van der Waals surface area contributed by atoms with Crippen LogP contribution in [-0.2, 0) is 9.59 Å². The molecule has 0 aromatic carbocycles. The Labute approximate surface area is 69.5 Å². The lowest BCUT2D eigenvalue weighted by Gasteiger charge is -2.21. The van der Waals surface area contributed by atoms with Crippen LogP contribution in [0.25, 0.3) is 0 Å². The van der Waals surface area contributed by atoms with Crippen LogP contribution in [0.5, 0.6) is 0 Å². The van der Waals surface area contributed by atoms with E-state index in [9.17, 15) is 9.59 Å². The summed E-state index contributed by atoms with van der Waals surface area (Å²) in [7, 11) is 0. The summed E-state index contributed by atoms with van der Waals surface area (Å²) >= 11 is 0. The molecule has 0 heterocycles. The third-order valence-corrected chi connectivity index (χ3v) is 1.96. The van der Waals surface area contributed by atoms with Gasteiger partial charge in [-0.25, -0.2) is 4.79 Å². The number of aliphatic hydroxyl groups is 1. The molecule has 66 valence electrons. The van der Waals surface area contributed by atoms with Gasteiger partial charge >= 0.3 is 5.97 Å². The van der Waals surface area contributed by atoms with E-state index in [2.05, 4.69) is 0 Å². The van der Waals surface area contributed by atoms with Crippen molar-refractivity contribution in [2.75, 3.05) is 0 Å². The molecule has 0 spiro atoms. The molecule has 2 atom stereocenters. The van der Waals surface area contributed by atoms with Crippen molar-refractivity contribution in [3.05, 3.63) is 11.6 Å². The van der Waals surface area contributed by atoms with Crippen LogP contribution in [0.4, 0.5) is 0 Å². The van der Waals surface area contributed by atoms with Gasteiger partial charge in [0, 0.05) is 5.57 Å². The van der Waals surface area contributed by atoms with Gasteiger partial charge in [-0.3, -0.25) is 4.79 Å². The molecular formula is C8H10O4. The van der Waals surface area contributed by atoms with Gasteiger partial charge in [-0.1, -0.05) is 6.92 Å². The maximum Gasteiger partial charge on any atom is 0.331 e. The Balaban J connectivity index is 2.89. The summed E-state index contributed by atoms with van der Waals surface area (Å²) in [6.07, 6.45) is 0.225. The van der Waals surface area contributed by atoms with Crippen LogP contribution < -0.4 is 0 Å².